The molecule has 15 heavy (non-hydrogen) atoms. The van der Waals surface area contributed by atoms with Gasteiger partial charge in [0.2, 0.25) is 0 Å². The average molecular weight is 218 g/mol. The normalized spacial score (nSPS) is 28.7. The lowest BCUT2D eigenvalue weighted by atomic mass is 10.3. The number of hydrogen-bond acceptors (Lipinski definition) is 5. The van der Waals surface area contributed by atoms with Crippen LogP contribution in [0.2, 0.25) is 0 Å². The maximum absolute atomic E-state index is 10.4. The molecule has 3 unspecified atom stereocenters. The van der Waals surface area contributed by atoms with Crippen LogP contribution in [0.3, 0.4) is 0 Å². The molecular formula is C9H18N2O4. The maximum Gasteiger partial charge on any atom is 0.321 e. The lowest BCUT2D eigenvalue weighted by molar-refractivity contribution is -0.204. The Morgan fingerprint density at radius 2 is 2.47 bits per heavy atom. The van der Waals surface area contributed by atoms with Crippen molar-refractivity contribution in [3.8, 4) is 0 Å². The van der Waals surface area contributed by atoms with Crippen LogP contribution in [-0.4, -0.2) is 49.2 Å². The van der Waals surface area contributed by atoms with Crippen LogP contribution in [0, 0.1) is 0 Å². The molecule has 0 saturated carbocycles. The fourth-order valence-corrected chi connectivity index (χ4v) is 1.28. The second-order valence-electron chi connectivity index (χ2n) is 3.64. The topological polar surface area (TPSA) is 93.8 Å². The quantitative estimate of drug-likeness (QED) is 0.556. The third kappa shape index (κ3) is 4.57. The van der Waals surface area contributed by atoms with Crippen molar-refractivity contribution < 1.29 is 19.4 Å². The Bertz CT molecular complexity index is 212. The molecule has 0 radical (unpaired) electrons. The molecule has 0 aromatic carbocycles. The van der Waals surface area contributed by atoms with E-state index in [1.807, 2.05) is 6.92 Å². The van der Waals surface area contributed by atoms with Crippen LogP contribution >= 0.6 is 0 Å². The summed E-state index contributed by atoms with van der Waals surface area (Å²) in [5.74, 6) is -1.01. The molecule has 0 aromatic rings. The standard InChI is InChI=1S/C9H18N2O4/c1-6-2-3-14-8(15-6)5-11-4-7(10)9(12)13/h6-8,11H,2-5,10H2,1H3,(H,12,13). The maximum atomic E-state index is 10.4. The van der Waals surface area contributed by atoms with E-state index in [-0.39, 0.29) is 18.9 Å². The number of carbonyl (C=O) groups is 1. The van der Waals surface area contributed by atoms with Gasteiger partial charge in [0, 0.05) is 13.1 Å². The van der Waals surface area contributed by atoms with E-state index in [9.17, 15) is 4.79 Å². The van der Waals surface area contributed by atoms with Crippen LogP contribution in [0.15, 0.2) is 0 Å². The number of rotatable bonds is 5. The Balaban J connectivity index is 2.11. The van der Waals surface area contributed by atoms with Crippen LogP contribution in [0.4, 0.5) is 0 Å². The number of carboxylic acids is 1. The number of nitrogens with two attached hydrogens (primary N) is 1. The van der Waals surface area contributed by atoms with Crippen molar-refractivity contribution in [2.24, 2.45) is 5.73 Å². The Morgan fingerprint density at radius 1 is 1.73 bits per heavy atom. The zero-order chi connectivity index (χ0) is 11.3. The van der Waals surface area contributed by atoms with E-state index < -0.39 is 12.0 Å². The molecule has 88 valence electrons. The summed E-state index contributed by atoms with van der Waals surface area (Å²) in [4.78, 5) is 10.4. The fourth-order valence-electron chi connectivity index (χ4n) is 1.28. The number of nitrogens with one attached hydrogen (secondary N) is 1. The third-order valence-electron chi connectivity index (χ3n) is 2.20. The summed E-state index contributed by atoms with van der Waals surface area (Å²) >= 11 is 0. The summed E-state index contributed by atoms with van der Waals surface area (Å²) in [7, 11) is 0. The fraction of sp³-hybridized carbons (Fsp3) is 0.889. The molecule has 1 aliphatic rings. The molecule has 3 atom stereocenters. The van der Waals surface area contributed by atoms with Gasteiger partial charge in [-0.2, -0.15) is 0 Å². The van der Waals surface area contributed by atoms with Gasteiger partial charge in [0.05, 0.1) is 12.7 Å². The first-order valence-electron chi connectivity index (χ1n) is 5.05. The zero-order valence-electron chi connectivity index (χ0n) is 8.81. The number of aliphatic carboxylic acids is 1. The minimum atomic E-state index is -1.01. The SMILES string of the molecule is CC1CCOC(CNCC(N)C(=O)O)O1. The van der Waals surface area contributed by atoms with Crippen molar-refractivity contribution in [1.82, 2.24) is 5.32 Å². The molecule has 1 heterocycles. The van der Waals surface area contributed by atoms with E-state index in [0.717, 1.165) is 6.42 Å². The van der Waals surface area contributed by atoms with Gasteiger partial charge in [-0.25, -0.2) is 0 Å². The largest absolute Gasteiger partial charge is 0.480 e. The number of ether oxygens (including phenoxy) is 2. The summed E-state index contributed by atoms with van der Waals surface area (Å²) in [6, 6.07) is -0.883. The summed E-state index contributed by atoms with van der Waals surface area (Å²) in [6.07, 6.45) is 0.791. The second-order valence-corrected chi connectivity index (χ2v) is 3.64. The van der Waals surface area contributed by atoms with Gasteiger partial charge in [0.1, 0.15) is 6.04 Å². The van der Waals surface area contributed by atoms with Gasteiger partial charge in [0.25, 0.3) is 0 Å². The highest BCUT2D eigenvalue weighted by Gasteiger charge is 2.19. The molecule has 6 nitrogen and oxygen atoms in total. The summed E-state index contributed by atoms with van der Waals surface area (Å²) in [5, 5.41) is 11.4. The molecule has 0 aliphatic carbocycles. The van der Waals surface area contributed by atoms with Gasteiger partial charge in [-0.3, -0.25) is 4.79 Å². The molecule has 6 heteroatoms. The predicted octanol–water partition coefficient (Wildman–Crippen LogP) is -0.861. The number of carboxylic acid groups (broad SMARTS) is 1. The van der Waals surface area contributed by atoms with E-state index in [1.54, 1.807) is 0 Å². The molecule has 1 rings (SSSR count). The highest BCUT2D eigenvalue weighted by molar-refractivity contribution is 5.73. The summed E-state index contributed by atoms with van der Waals surface area (Å²) < 4.78 is 10.8. The van der Waals surface area contributed by atoms with E-state index in [4.69, 9.17) is 20.3 Å². The first-order chi connectivity index (χ1) is 7.09. The Morgan fingerprint density at radius 3 is 3.07 bits per heavy atom. The lowest BCUT2D eigenvalue weighted by Crippen LogP contribution is -2.45. The smallest absolute Gasteiger partial charge is 0.321 e. The molecule has 1 aliphatic heterocycles. The van der Waals surface area contributed by atoms with Crippen molar-refractivity contribution in [2.75, 3.05) is 19.7 Å². The molecule has 0 bridgehead atoms. The van der Waals surface area contributed by atoms with Crippen molar-refractivity contribution in [3.05, 3.63) is 0 Å². The average Bonchev–Trinajstić information content (AvgIpc) is 2.17. The van der Waals surface area contributed by atoms with Crippen molar-refractivity contribution in [1.29, 1.82) is 0 Å². The first-order valence-corrected chi connectivity index (χ1v) is 5.05. The Hall–Kier alpha value is -0.690. The van der Waals surface area contributed by atoms with E-state index in [0.29, 0.717) is 13.2 Å². The summed E-state index contributed by atoms with van der Waals surface area (Å²) in [5.41, 5.74) is 5.32. The summed E-state index contributed by atoms with van der Waals surface area (Å²) in [6.45, 7) is 3.34. The Labute approximate surface area is 88.7 Å². The molecule has 0 amide bonds. The van der Waals surface area contributed by atoms with Crippen LogP contribution in [0.1, 0.15) is 13.3 Å². The molecule has 0 spiro atoms. The predicted molar refractivity (Wildman–Crippen MR) is 53.4 cm³/mol. The van der Waals surface area contributed by atoms with Crippen molar-refractivity contribution in [2.45, 2.75) is 31.8 Å². The second kappa shape index (κ2) is 6.02. The molecule has 0 aromatic heterocycles. The lowest BCUT2D eigenvalue weighted by Gasteiger charge is -2.28. The number of hydrogen-bond donors (Lipinski definition) is 3. The van der Waals surface area contributed by atoms with Crippen molar-refractivity contribution in [3.63, 3.8) is 0 Å². The van der Waals surface area contributed by atoms with Gasteiger partial charge in [-0.05, 0) is 13.3 Å². The monoisotopic (exact) mass is 218 g/mol. The third-order valence-corrected chi connectivity index (χ3v) is 2.20. The van der Waals surface area contributed by atoms with Gasteiger partial charge in [0.15, 0.2) is 6.29 Å². The van der Waals surface area contributed by atoms with Crippen molar-refractivity contribution >= 4 is 5.97 Å². The minimum absolute atomic E-state index is 0.193. The van der Waals surface area contributed by atoms with Gasteiger partial charge in [-0.15, -0.1) is 0 Å². The Kier molecular flexibility index (Phi) is 4.97. The molecule has 4 N–H and O–H groups in total. The van der Waals surface area contributed by atoms with E-state index in [1.165, 1.54) is 0 Å². The highest BCUT2D eigenvalue weighted by Crippen LogP contribution is 2.10. The molecule has 1 saturated heterocycles. The molecule has 1 fully saturated rings. The van der Waals surface area contributed by atoms with E-state index in [2.05, 4.69) is 5.32 Å². The minimum Gasteiger partial charge on any atom is -0.480 e. The highest BCUT2D eigenvalue weighted by atomic mass is 16.7. The van der Waals surface area contributed by atoms with Crippen LogP contribution in [0.5, 0.6) is 0 Å². The van der Waals surface area contributed by atoms with Crippen LogP contribution in [-0.2, 0) is 14.3 Å². The molecular weight excluding hydrogens is 200 g/mol. The van der Waals surface area contributed by atoms with Gasteiger partial charge in [-0.1, -0.05) is 0 Å². The van der Waals surface area contributed by atoms with Gasteiger partial charge >= 0.3 is 5.97 Å². The van der Waals surface area contributed by atoms with Gasteiger partial charge < -0.3 is 25.6 Å². The first kappa shape index (κ1) is 12.4. The van der Waals surface area contributed by atoms with Crippen LogP contribution < -0.4 is 11.1 Å². The van der Waals surface area contributed by atoms with Crippen LogP contribution in [0.25, 0.3) is 0 Å². The zero-order valence-corrected chi connectivity index (χ0v) is 8.81. The van der Waals surface area contributed by atoms with E-state index >= 15 is 0 Å².